The summed E-state index contributed by atoms with van der Waals surface area (Å²) in [6.07, 6.45) is 0.491. The lowest BCUT2D eigenvalue weighted by molar-refractivity contribution is -0.873. The summed E-state index contributed by atoms with van der Waals surface area (Å²) in [5.74, 6) is 2.07. The third-order valence-corrected chi connectivity index (χ3v) is 2.35. The van der Waals surface area contributed by atoms with Crippen molar-refractivity contribution in [3.63, 3.8) is 0 Å². The number of rotatable bonds is 2. The SMILES string of the molecule is C[N+](C)(C)CC1CSCO1.[Br-]. The maximum atomic E-state index is 5.48. The van der Waals surface area contributed by atoms with Gasteiger partial charge in [0, 0.05) is 5.75 Å². The van der Waals surface area contributed by atoms with Crippen LogP contribution >= 0.6 is 11.8 Å². The first-order valence-corrected chi connectivity index (χ1v) is 4.73. The molecule has 0 aromatic heterocycles. The predicted octanol–water partition coefficient (Wildman–Crippen LogP) is -2.21. The van der Waals surface area contributed by atoms with E-state index < -0.39 is 0 Å². The van der Waals surface area contributed by atoms with Gasteiger partial charge in [0.1, 0.15) is 12.6 Å². The van der Waals surface area contributed by atoms with E-state index in [1.54, 1.807) is 0 Å². The number of quaternary nitrogens is 1. The van der Waals surface area contributed by atoms with Gasteiger partial charge in [-0.05, 0) is 0 Å². The maximum absolute atomic E-state index is 5.48. The molecule has 1 atom stereocenters. The Bertz CT molecular complexity index is 109. The van der Waals surface area contributed by atoms with Crippen LogP contribution in [0.25, 0.3) is 0 Å². The van der Waals surface area contributed by atoms with E-state index >= 15 is 0 Å². The topological polar surface area (TPSA) is 9.23 Å². The molecule has 0 radical (unpaired) electrons. The highest BCUT2D eigenvalue weighted by Crippen LogP contribution is 2.17. The van der Waals surface area contributed by atoms with Crippen LogP contribution in [-0.4, -0.2) is 50.0 Å². The highest BCUT2D eigenvalue weighted by molar-refractivity contribution is 7.99. The molecule has 1 heterocycles. The number of ether oxygens (including phenoxy) is 1. The van der Waals surface area contributed by atoms with Crippen molar-refractivity contribution in [3.05, 3.63) is 0 Å². The summed E-state index contributed by atoms with van der Waals surface area (Å²) in [7, 11) is 6.60. The molecular formula is C7H16BrNOS. The monoisotopic (exact) mass is 241 g/mol. The smallest absolute Gasteiger partial charge is 0.117 e. The molecule has 0 saturated carbocycles. The molecule has 1 rings (SSSR count). The molecule has 0 aromatic rings. The molecule has 1 fully saturated rings. The second kappa shape index (κ2) is 4.70. The lowest BCUT2D eigenvalue weighted by Gasteiger charge is -2.26. The second-order valence-electron chi connectivity index (χ2n) is 3.75. The lowest BCUT2D eigenvalue weighted by Crippen LogP contribution is -3.00. The Labute approximate surface area is 83.6 Å². The molecule has 0 spiro atoms. The standard InChI is InChI=1S/C7H16NOS.BrH/c1-8(2,3)4-7-5-10-6-9-7;/h7H,4-6H2,1-3H3;1H/q+1;/p-1. The van der Waals surface area contributed by atoms with Crippen LogP contribution in [0.1, 0.15) is 0 Å². The Morgan fingerprint density at radius 2 is 2.09 bits per heavy atom. The molecule has 1 aliphatic heterocycles. The van der Waals surface area contributed by atoms with Gasteiger partial charge in [-0.2, -0.15) is 0 Å². The molecule has 0 amide bonds. The Kier molecular flexibility index (Phi) is 5.02. The number of halogens is 1. The van der Waals surface area contributed by atoms with Gasteiger partial charge in [0.05, 0.1) is 27.1 Å². The molecule has 0 aromatic carbocycles. The molecule has 2 nitrogen and oxygen atoms in total. The van der Waals surface area contributed by atoms with Gasteiger partial charge in [-0.15, -0.1) is 11.8 Å². The van der Waals surface area contributed by atoms with Crippen LogP contribution in [0.2, 0.25) is 0 Å². The van der Waals surface area contributed by atoms with Crippen LogP contribution < -0.4 is 17.0 Å². The summed E-state index contributed by atoms with van der Waals surface area (Å²) in [6.45, 7) is 1.13. The van der Waals surface area contributed by atoms with E-state index in [1.165, 1.54) is 5.75 Å². The molecule has 0 aliphatic carbocycles. The van der Waals surface area contributed by atoms with Crippen molar-refractivity contribution in [2.45, 2.75) is 6.10 Å². The third kappa shape index (κ3) is 5.06. The minimum absolute atomic E-state index is 0. The van der Waals surface area contributed by atoms with E-state index in [1.807, 2.05) is 11.8 Å². The molecule has 11 heavy (non-hydrogen) atoms. The Balaban J connectivity index is 0.000001000. The first kappa shape index (κ1) is 11.8. The Morgan fingerprint density at radius 3 is 2.45 bits per heavy atom. The van der Waals surface area contributed by atoms with Crippen LogP contribution in [0.15, 0.2) is 0 Å². The van der Waals surface area contributed by atoms with Gasteiger partial charge in [-0.1, -0.05) is 0 Å². The maximum Gasteiger partial charge on any atom is 0.117 e. The first-order chi connectivity index (χ1) is 4.58. The Hall–Kier alpha value is 0.750. The largest absolute Gasteiger partial charge is 1.00 e. The van der Waals surface area contributed by atoms with Crippen LogP contribution in [0.3, 0.4) is 0 Å². The number of hydrogen-bond acceptors (Lipinski definition) is 2. The minimum Gasteiger partial charge on any atom is -1.00 e. The number of hydrogen-bond donors (Lipinski definition) is 0. The summed E-state index contributed by atoms with van der Waals surface area (Å²) in [5.41, 5.74) is 0. The molecule has 1 saturated heterocycles. The van der Waals surface area contributed by atoms with Crippen molar-refractivity contribution in [1.82, 2.24) is 0 Å². The van der Waals surface area contributed by atoms with E-state index in [4.69, 9.17) is 4.74 Å². The fourth-order valence-electron chi connectivity index (χ4n) is 1.09. The highest BCUT2D eigenvalue weighted by atomic mass is 79.9. The average Bonchev–Trinajstić information content (AvgIpc) is 2.12. The zero-order valence-electron chi connectivity index (χ0n) is 7.34. The zero-order valence-corrected chi connectivity index (χ0v) is 9.74. The van der Waals surface area contributed by atoms with Gasteiger partial charge in [0.15, 0.2) is 0 Å². The molecule has 4 heteroatoms. The molecule has 1 unspecified atom stereocenters. The summed E-state index contributed by atoms with van der Waals surface area (Å²) in [6, 6.07) is 0. The Morgan fingerprint density at radius 1 is 1.45 bits per heavy atom. The molecule has 1 aliphatic rings. The van der Waals surface area contributed by atoms with Crippen molar-refractivity contribution in [1.29, 1.82) is 0 Å². The highest BCUT2D eigenvalue weighted by Gasteiger charge is 2.22. The van der Waals surface area contributed by atoms with Gasteiger partial charge in [0.2, 0.25) is 0 Å². The predicted molar refractivity (Wildman–Crippen MR) is 45.1 cm³/mol. The van der Waals surface area contributed by atoms with Crippen LogP contribution in [0.5, 0.6) is 0 Å². The van der Waals surface area contributed by atoms with Gasteiger partial charge < -0.3 is 26.2 Å². The van der Waals surface area contributed by atoms with E-state index in [9.17, 15) is 0 Å². The first-order valence-electron chi connectivity index (χ1n) is 3.58. The molecular weight excluding hydrogens is 226 g/mol. The zero-order chi connectivity index (χ0) is 7.61. The second-order valence-corrected chi connectivity index (χ2v) is 4.73. The molecule has 0 bridgehead atoms. The summed E-state index contributed by atoms with van der Waals surface area (Å²) in [4.78, 5) is 0. The third-order valence-electron chi connectivity index (χ3n) is 1.44. The average molecular weight is 242 g/mol. The van der Waals surface area contributed by atoms with Crippen molar-refractivity contribution in [3.8, 4) is 0 Å². The number of thioether (sulfide) groups is 1. The lowest BCUT2D eigenvalue weighted by atomic mass is 10.3. The van der Waals surface area contributed by atoms with Gasteiger partial charge in [-0.25, -0.2) is 0 Å². The van der Waals surface area contributed by atoms with Crippen molar-refractivity contribution >= 4 is 11.8 Å². The fraction of sp³-hybridized carbons (Fsp3) is 1.00. The van der Waals surface area contributed by atoms with E-state index in [-0.39, 0.29) is 17.0 Å². The summed E-state index contributed by atoms with van der Waals surface area (Å²) in [5, 5.41) is 0. The van der Waals surface area contributed by atoms with Crippen molar-refractivity contribution in [2.24, 2.45) is 0 Å². The normalized spacial score (nSPS) is 24.8. The van der Waals surface area contributed by atoms with Crippen LogP contribution in [-0.2, 0) is 4.74 Å². The molecule has 68 valence electrons. The van der Waals surface area contributed by atoms with E-state index in [2.05, 4.69) is 21.1 Å². The van der Waals surface area contributed by atoms with Gasteiger partial charge >= 0.3 is 0 Å². The fourth-order valence-corrected chi connectivity index (χ4v) is 1.94. The van der Waals surface area contributed by atoms with E-state index in [0.29, 0.717) is 6.10 Å². The summed E-state index contributed by atoms with van der Waals surface area (Å²) >= 11 is 1.89. The van der Waals surface area contributed by atoms with Gasteiger partial charge in [0.25, 0.3) is 0 Å². The minimum atomic E-state index is 0. The van der Waals surface area contributed by atoms with Crippen LogP contribution in [0.4, 0.5) is 0 Å². The van der Waals surface area contributed by atoms with E-state index in [0.717, 1.165) is 17.0 Å². The summed E-state index contributed by atoms with van der Waals surface area (Å²) < 4.78 is 6.48. The van der Waals surface area contributed by atoms with Gasteiger partial charge in [-0.3, -0.25) is 0 Å². The molecule has 0 N–H and O–H groups in total. The van der Waals surface area contributed by atoms with Crippen molar-refractivity contribution in [2.75, 3.05) is 39.4 Å². The quantitative estimate of drug-likeness (QED) is 0.508. The number of likely N-dealkylation sites (N-methyl/N-ethyl adjacent to an activating group) is 1. The van der Waals surface area contributed by atoms with Crippen molar-refractivity contribution < 1.29 is 26.2 Å². The van der Waals surface area contributed by atoms with Crippen LogP contribution in [0, 0.1) is 0 Å². The number of nitrogens with zero attached hydrogens (tertiary/aromatic N) is 1.